The van der Waals surface area contributed by atoms with E-state index in [2.05, 4.69) is 10.4 Å². The fourth-order valence-corrected chi connectivity index (χ4v) is 3.31. The Balaban J connectivity index is 1.53. The highest BCUT2D eigenvalue weighted by atomic mass is 32.1. The molecule has 0 aliphatic carbocycles. The van der Waals surface area contributed by atoms with Gasteiger partial charge in [0.2, 0.25) is 0 Å². The molecule has 2 heterocycles. The number of thiophene rings is 1. The minimum Gasteiger partial charge on any atom is -0.486 e. The summed E-state index contributed by atoms with van der Waals surface area (Å²) >= 11 is 1.28. The van der Waals surface area contributed by atoms with Crippen molar-refractivity contribution in [3.8, 4) is 5.75 Å². The number of aryl methyl sites for hydroxylation is 1. The Bertz CT molecular complexity index is 939. The molecule has 0 radical (unpaired) electrons. The fraction of sp³-hybridized carbons (Fsp3) is 0.263. The summed E-state index contributed by atoms with van der Waals surface area (Å²) in [7, 11) is 0. The van der Waals surface area contributed by atoms with Crippen LogP contribution < -0.4 is 10.1 Å². The van der Waals surface area contributed by atoms with Crippen LogP contribution >= 0.6 is 11.3 Å². The number of rotatable bonds is 7. The van der Waals surface area contributed by atoms with Crippen LogP contribution in [0.2, 0.25) is 0 Å². The summed E-state index contributed by atoms with van der Waals surface area (Å²) in [6, 6.07) is 6.66. The number of benzene rings is 1. The highest BCUT2D eigenvalue weighted by Gasteiger charge is 2.14. The predicted octanol–water partition coefficient (Wildman–Crippen LogP) is 3.93. The minimum absolute atomic E-state index is 0.0308. The number of aromatic nitrogens is 2. The van der Waals surface area contributed by atoms with E-state index < -0.39 is 11.6 Å². The largest absolute Gasteiger partial charge is 0.486 e. The van der Waals surface area contributed by atoms with Crippen LogP contribution in [-0.4, -0.2) is 21.7 Å². The molecule has 1 amide bonds. The fourth-order valence-electron chi connectivity index (χ4n) is 2.51. The van der Waals surface area contributed by atoms with Crippen LogP contribution in [0.3, 0.4) is 0 Å². The van der Waals surface area contributed by atoms with E-state index in [0.29, 0.717) is 11.4 Å². The first kappa shape index (κ1) is 19.0. The first-order valence-corrected chi connectivity index (χ1v) is 9.25. The third kappa shape index (κ3) is 5.13. The number of carbonyl (C=O) groups is 1. The van der Waals surface area contributed by atoms with Crippen LogP contribution in [0.5, 0.6) is 5.75 Å². The van der Waals surface area contributed by atoms with Crippen LogP contribution in [0.4, 0.5) is 8.78 Å². The summed E-state index contributed by atoms with van der Waals surface area (Å²) in [5, 5.41) is 9.00. The zero-order valence-corrected chi connectivity index (χ0v) is 15.7. The maximum absolute atomic E-state index is 13.6. The van der Waals surface area contributed by atoms with Crippen molar-refractivity contribution in [1.29, 1.82) is 0 Å². The van der Waals surface area contributed by atoms with Gasteiger partial charge in [-0.3, -0.25) is 9.48 Å². The first-order chi connectivity index (χ1) is 12.9. The molecule has 0 aliphatic rings. The summed E-state index contributed by atoms with van der Waals surface area (Å²) in [4.78, 5) is 12.9. The Labute approximate surface area is 159 Å². The number of ether oxygens (including phenoxy) is 1. The van der Waals surface area contributed by atoms with Gasteiger partial charge >= 0.3 is 0 Å². The number of carbonyl (C=O) groups excluding carboxylic acids is 1. The maximum atomic E-state index is 13.6. The van der Waals surface area contributed by atoms with Crippen molar-refractivity contribution in [1.82, 2.24) is 15.1 Å². The number of hydrogen-bond donors (Lipinski definition) is 1. The summed E-state index contributed by atoms with van der Waals surface area (Å²) in [5.74, 6) is -1.63. The van der Waals surface area contributed by atoms with Gasteiger partial charge in [0.15, 0.2) is 11.6 Å². The summed E-state index contributed by atoms with van der Waals surface area (Å²) in [5.41, 5.74) is 1.67. The SMILES string of the molecule is Cc1ccn(CC(C)NC(=O)c2cc(COc3ccc(F)cc3F)cs2)n1. The second kappa shape index (κ2) is 8.30. The molecule has 3 rings (SSSR count). The third-order valence-corrected chi connectivity index (χ3v) is 4.76. The van der Waals surface area contributed by atoms with E-state index in [1.165, 1.54) is 17.4 Å². The number of hydrogen-bond acceptors (Lipinski definition) is 4. The Kier molecular flexibility index (Phi) is 5.85. The lowest BCUT2D eigenvalue weighted by atomic mass is 10.3. The molecule has 0 saturated heterocycles. The van der Waals surface area contributed by atoms with Crippen molar-refractivity contribution in [2.75, 3.05) is 0 Å². The molecule has 0 aliphatic heterocycles. The summed E-state index contributed by atoms with van der Waals surface area (Å²) < 4.78 is 33.6. The van der Waals surface area contributed by atoms with E-state index in [1.54, 1.807) is 16.1 Å². The van der Waals surface area contributed by atoms with Crippen molar-refractivity contribution in [2.45, 2.75) is 33.0 Å². The Hall–Kier alpha value is -2.74. The minimum atomic E-state index is -0.758. The lowest BCUT2D eigenvalue weighted by Crippen LogP contribution is -2.35. The van der Waals surface area contributed by atoms with Gasteiger partial charge in [0.05, 0.1) is 17.1 Å². The highest BCUT2D eigenvalue weighted by Crippen LogP contribution is 2.21. The third-order valence-electron chi connectivity index (χ3n) is 3.78. The number of nitrogens with zero attached hydrogens (tertiary/aromatic N) is 2. The van der Waals surface area contributed by atoms with Crippen molar-refractivity contribution >= 4 is 17.2 Å². The molecule has 1 atom stereocenters. The predicted molar refractivity (Wildman–Crippen MR) is 98.9 cm³/mol. The topological polar surface area (TPSA) is 56.2 Å². The maximum Gasteiger partial charge on any atom is 0.261 e. The van der Waals surface area contributed by atoms with Gasteiger partial charge in [-0.15, -0.1) is 11.3 Å². The van der Waals surface area contributed by atoms with Crippen LogP contribution in [0.25, 0.3) is 0 Å². The lowest BCUT2D eigenvalue weighted by Gasteiger charge is -2.13. The average molecular weight is 391 g/mol. The van der Waals surface area contributed by atoms with Gasteiger partial charge < -0.3 is 10.1 Å². The molecule has 1 unspecified atom stereocenters. The van der Waals surface area contributed by atoms with Crippen LogP contribution in [0.1, 0.15) is 27.9 Å². The van der Waals surface area contributed by atoms with Crippen LogP contribution in [0, 0.1) is 18.6 Å². The molecule has 0 saturated carbocycles. The van der Waals surface area contributed by atoms with Gasteiger partial charge in [0.25, 0.3) is 5.91 Å². The molecule has 27 heavy (non-hydrogen) atoms. The van der Waals surface area contributed by atoms with Gasteiger partial charge in [-0.2, -0.15) is 5.10 Å². The lowest BCUT2D eigenvalue weighted by molar-refractivity contribution is 0.0940. The second-order valence-corrected chi connectivity index (χ2v) is 7.15. The van der Waals surface area contributed by atoms with Gasteiger partial charge in [-0.25, -0.2) is 8.78 Å². The van der Waals surface area contributed by atoms with Crippen LogP contribution in [0.15, 0.2) is 41.9 Å². The van der Waals surface area contributed by atoms with Gasteiger partial charge in [0, 0.05) is 23.9 Å². The van der Waals surface area contributed by atoms with Crippen molar-refractivity contribution in [3.05, 3.63) is 69.7 Å². The molecule has 1 N–H and O–H groups in total. The zero-order valence-electron chi connectivity index (χ0n) is 14.9. The quantitative estimate of drug-likeness (QED) is 0.664. The van der Waals surface area contributed by atoms with Crippen LogP contribution in [-0.2, 0) is 13.2 Å². The molecule has 2 aromatic heterocycles. The van der Waals surface area contributed by atoms with E-state index in [9.17, 15) is 13.6 Å². The van der Waals surface area contributed by atoms with E-state index in [1.807, 2.05) is 26.1 Å². The molecule has 8 heteroatoms. The van der Waals surface area contributed by atoms with Gasteiger partial charge in [-0.1, -0.05) is 0 Å². The van der Waals surface area contributed by atoms with Crippen molar-refractivity contribution in [2.24, 2.45) is 0 Å². The van der Waals surface area contributed by atoms with E-state index in [0.717, 1.165) is 23.4 Å². The first-order valence-electron chi connectivity index (χ1n) is 8.37. The zero-order chi connectivity index (χ0) is 19.4. The van der Waals surface area contributed by atoms with Gasteiger partial charge in [-0.05, 0) is 43.5 Å². The van der Waals surface area contributed by atoms with E-state index in [-0.39, 0.29) is 24.3 Å². The standard InChI is InChI=1S/C19H19F2N3O2S/c1-12-5-6-24(23-12)9-13(2)22-19(25)18-7-14(11-27-18)10-26-17-4-3-15(20)8-16(17)21/h3-8,11,13H,9-10H2,1-2H3,(H,22,25). The highest BCUT2D eigenvalue weighted by molar-refractivity contribution is 7.12. The summed E-state index contributed by atoms with van der Waals surface area (Å²) in [6.45, 7) is 4.48. The molecule has 0 bridgehead atoms. The Morgan fingerprint density at radius 3 is 2.85 bits per heavy atom. The van der Waals surface area contributed by atoms with Crippen molar-refractivity contribution < 1.29 is 18.3 Å². The number of halogens is 2. The molecule has 0 spiro atoms. The van der Waals surface area contributed by atoms with Crippen molar-refractivity contribution in [3.63, 3.8) is 0 Å². The monoisotopic (exact) mass is 391 g/mol. The summed E-state index contributed by atoms with van der Waals surface area (Å²) in [6.07, 6.45) is 1.87. The molecular weight excluding hydrogens is 372 g/mol. The normalized spacial score (nSPS) is 12.0. The Morgan fingerprint density at radius 1 is 1.33 bits per heavy atom. The Morgan fingerprint density at radius 2 is 2.15 bits per heavy atom. The second-order valence-electron chi connectivity index (χ2n) is 6.24. The molecule has 1 aromatic carbocycles. The van der Waals surface area contributed by atoms with E-state index in [4.69, 9.17) is 4.74 Å². The molecular formula is C19H19F2N3O2S. The van der Waals surface area contributed by atoms with Gasteiger partial charge in [0.1, 0.15) is 12.4 Å². The van der Waals surface area contributed by atoms with E-state index >= 15 is 0 Å². The number of nitrogens with one attached hydrogen (secondary N) is 1. The molecule has 5 nitrogen and oxygen atoms in total. The molecule has 142 valence electrons. The molecule has 0 fully saturated rings. The molecule has 3 aromatic rings. The number of amides is 1. The smallest absolute Gasteiger partial charge is 0.261 e. The average Bonchev–Trinajstić information content (AvgIpc) is 3.23.